The zero-order valence-electron chi connectivity index (χ0n) is 10.6. The summed E-state index contributed by atoms with van der Waals surface area (Å²) in [4.78, 5) is 4.30. The Kier molecular flexibility index (Phi) is 8.95. The Bertz CT molecular complexity index is 168. The molecule has 0 rings (SSSR count). The Morgan fingerprint density at radius 1 is 1.13 bits per heavy atom. The minimum absolute atomic E-state index is 0.751. The molecule has 0 bridgehead atoms. The van der Waals surface area contributed by atoms with Crippen molar-refractivity contribution in [1.29, 1.82) is 0 Å². The van der Waals surface area contributed by atoms with Crippen LogP contribution in [0.4, 0.5) is 0 Å². The van der Waals surface area contributed by atoms with E-state index in [0.29, 0.717) is 0 Å². The highest BCUT2D eigenvalue weighted by atomic mass is 28.4. The number of nitrogens with zero attached hydrogens (tertiary/aromatic N) is 1. The normalized spacial score (nSPS) is 12.5. The molecule has 0 aromatic rings. The Hall–Kier alpha value is -0.193. The summed E-state index contributed by atoms with van der Waals surface area (Å²) in [5.41, 5.74) is 0. The molecule has 3 nitrogen and oxygen atoms in total. The highest BCUT2D eigenvalue weighted by Gasteiger charge is 2.29. The van der Waals surface area contributed by atoms with E-state index in [9.17, 15) is 0 Å². The Morgan fingerprint density at radius 3 is 2.20 bits per heavy atom. The Labute approximate surface area is 95.1 Å². The quantitative estimate of drug-likeness (QED) is 0.347. The van der Waals surface area contributed by atoms with Crippen molar-refractivity contribution < 1.29 is 8.85 Å². The second-order valence-corrected chi connectivity index (χ2v) is 6.95. The molecule has 0 saturated carbocycles. The lowest BCUT2D eigenvalue weighted by Gasteiger charge is -2.25. The van der Waals surface area contributed by atoms with Gasteiger partial charge in [-0.25, -0.2) is 0 Å². The van der Waals surface area contributed by atoms with E-state index >= 15 is 0 Å². The standard InChI is InChI=1S/C11H25NO2Si/c1-5-9-12-10-8-11-15(4,13-6-2)14-7-3/h9H,5-8,10-11H2,1-4H3. The van der Waals surface area contributed by atoms with Crippen molar-refractivity contribution in [2.24, 2.45) is 4.99 Å². The second-order valence-electron chi connectivity index (χ2n) is 3.60. The molecule has 0 amide bonds. The number of hydrogen-bond donors (Lipinski definition) is 0. The summed E-state index contributed by atoms with van der Waals surface area (Å²) in [7, 11) is -1.88. The number of rotatable bonds is 9. The van der Waals surface area contributed by atoms with Gasteiger partial charge >= 0.3 is 8.56 Å². The maximum atomic E-state index is 5.74. The summed E-state index contributed by atoms with van der Waals surface area (Å²) in [5.74, 6) is 0. The van der Waals surface area contributed by atoms with Crippen molar-refractivity contribution in [3.05, 3.63) is 0 Å². The predicted octanol–water partition coefficient (Wildman–Crippen LogP) is 3.00. The molecule has 15 heavy (non-hydrogen) atoms. The molecule has 0 aromatic carbocycles. The fourth-order valence-corrected chi connectivity index (χ4v) is 3.90. The van der Waals surface area contributed by atoms with Crippen molar-refractivity contribution in [3.63, 3.8) is 0 Å². The smallest absolute Gasteiger partial charge is 0.334 e. The first kappa shape index (κ1) is 14.8. The summed E-state index contributed by atoms with van der Waals surface area (Å²) in [6, 6.07) is 1.04. The summed E-state index contributed by atoms with van der Waals surface area (Å²) in [5, 5.41) is 0. The maximum Gasteiger partial charge on any atom is 0.334 e. The van der Waals surface area contributed by atoms with Crippen LogP contribution in [0, 0.1) is 0 Å². The van der Waals surface area contributed by atoms with E-state index in [2.05, 4.69) is 18.5 Å². The monoisotopic (exact) mass is 231 g/mol. The molecule has 0 heterocycles. The maximum absolute atomic E-state index is 5.74. The van der Waals surface area contributed by atoms with Crippen LogP contribution in [-0.4, -0.2) is 34.5 Å². The number of aliphatic imine (C=N–C) groups is 1. The first-order valence-corrected chi connectivity index (χ1v) is 8.47. The third-order valence-electron chi connectivity index (χ3n) is 2.13. The van der Waals surface area contributed by atoms with Gasteiger partial charge in [-0.05, 0) is 45.5 Å². The van der Waals surface area contributed by atoms with Gasteiger partial charge in [0.1, 0.15) is 0 Å². The van der Waals surface area contributed by atoms with Gasteiger partial charge in [0.05, 0.1) is 0 Å². The first-order valence-electron chi connectivity index (χ1n) is 5.94. The molecule has 0 fully saturated rings. The van der Waals surface area contributed by atoms with Crippen LogP contribution in [0.2, 0.25) is 12.6 Å². The van der Waals surface area contributed by atoms with Gasteiger partial charge in [-0.3, -0.25) is 4.99 Å². The van der Waals surface area contributed by atoms with Crippen LogP contribution < -0.4 is 0 Å². The lowest BCUT2D eigenvalue weighted by atomic mass is 10.5. The Morgan fingerprint density at radius 2 is 1.73 bits per heavy atom. The average molecular weight is 231 g/mol. The Balaban J connectivity index is 3.79. The average Bonchev–Trinajstić information content (AvgIpc) is 2.18. The van der Waals surface area contributed by atoms with E-state index < -0.39 is 8.56 Å². The van der Waals surface area contributed by atoms with Gasteiger partial charge in [-0.1, -0.05) is 6.92 Å². The summed E-state index contributed by atoms with van der Waals surface area (Å²) < 4.78 is 11.5. The van der Waals surface area contributed by atoms with Crippen LogP contribution >= 0.6 is 0 Å². The summed E-state index contributed by atoms with van der Waals surface area (Å²) in [6.07, 6.45) is 4.06. The summed E-state index contributed by atoms with van der Waals surface area (Å²) in [6.45, 7) is 10.7. The molecule has 4 heteroatoms. The van der Waals surface area contributed by atoms with E-state index in [1.165, 1.54) is 0 Å². The van der Waals surface area contributed by atoms with Gasteiger partial charge in [0.15, 0.2) is 0 Å². The van der Waals surface area contributed by atoms with E-state index in [4.69, 9.17) is 8.85 Å². The molecule has 0 aromatic heterocycles. The molecular weight excluding hydrogens is 206 g/mol. The SMILES string of the molecule is CCC=NCCC[Si](C)(OCC)OCC. The highest BCUT2D eigenvalue weighted by molar-refractivity contribution is 6.66. The zero-order valence-corrected chi connectivity index (χ0v) is 11.6. The second kappa shape index (κ2) is 9.06. The first-order chi connectivity index (χ1) is 7.18. The molecule has 0 unspecified atom stereocenters. The van der Waals surface area contributed by atoms with Crippen molar-refractivity contribution in [2.75, 3.05) is 19.8 Å². The number of hydrogen-bond acceptors (Lipinski definition) is 3. The zero-order chi connectivity index (χ0) is 11.6. The van der Waals surface area contributed by atoms with Crippen molar-refractivity contribution in [2.45, 2.75) is 46.2 Å². The molecule has 0 N–H and O–H groups in total. The van der Waals surface area contributed by atoms with Gasteiger partial charge in [-0.2, -0.15) is 0 Å². The molecule has 0 radical (unpaired) electrons. The van der Waals surface area contributed by atoms with Crippen molar-refractivity contribution >= 4 is 14.8 Å². The molecule has 90 valence electrons. The van der Waals surface area contributed by atoms with E-state index in [1.54, 1.807) is 0 Å². The fraction of sp³-hybridized carbons (Fsp3) is 0.909. The molecule has 0 atom stereocenters. The molecule has 0 aliphatic rings. The van der Waals surface area contributed by atoms with Gasteiger partial charge < -0.3 is 8.85 Å². The van der Waals surface area contributed by atoms with Crippen LogP contribution in [0.5, 0.6) is 0 Å². The van der Waals surface area contributed by atoms with Crippen molar-refractivity contribution in [1.82, 2.24) is 0 Å². The van der Waals surface area contributed by atoms with Gasteiger partial charge in [0.25, 0.3) is 0 Å². The van der Waals surface area contributed by atoms with Crippen LogP contribution in [0.25, 0.3) is 0 Å². The topological polar surface area (TPSA) is 30.8 Å². The largest absolute Gasteiger partial charge is 0.395 e. The van der Waals surface area contributed by atoms with E-state index in [0.717, 1.165) is 38.6 Å². The molecule has 0 aliphatic carbocycles. The van der Waals surface area contributed by atoms with Crippen LogP contribution in [0.1, 0.15) is 33.6 Å². The highest BCUT2D eigenvalue weighted by Crippen LogP contribution is 2.15. The lowest BCUT2D eigenvalue weighted by Crippen LogP contribution is -2.38. The van der Waals surface area contributed by atoms with Crippen LogP contribution in [0.15, 0.2) is 4.99 Å². The van der Waals surface area contributed by atoms with Gasteiger partial charge in [-0.15, -0.1) is 0 Å². The van der Waals surface area contributed by atoms with E-state index in [1.807, 2.05) is 20.1 Å². The molecule has 0 spiro atoms. The molecule has 0 saturated heterocycles. The minimum Gasteiger partial charge on any atom is -0.395 e. The molecular formula is C11H25NO2Si. The van der Waals surface area contributed by atoms with Crippen LogP contribution in [0.3, 0.4) is 0 Å². The predicted molar refractivity (Wildman–Crippen MR) is 67.9 cm³/mol. The summed E-state index contributed by atoms with van der Waals surface area (Å²) >= 11 is 0. The van der Waals surface area contributed by atoms with Crippen LogP contribution in [-0.2, 0) is 8.85 Å². The lowest BCUT2D eigenvalue weighted by molar-refractivity contribution is 0.188. The van der Waals surface area contributed by atoms with E-state index in [-0.39, 0.29) is 0 Å². The third kappa shape index (κ3) is 7.70. The fourth-order valence-electron chi connectivity index (χ4n) is 1.51. The minimum atomic E-state index is -1.88. The molecule has 0 aliphatic heterocycles. The third-order valence-corrected chi connectivity index (χ3v) is 5.19. The van der Waals surface area contributed by atoms with Crippen molar-refractivity contribution in [3.8, 4) is 0 Å². The van der Waals surface area contributed by atoms with Gasteiger partial charge in [0.2, 0.25) is 0 Å². The van der Waals surface area contributed by atoms with Gasteiger partial charge in [0, 0.05) is 19.8 Å².